The summed E-state index contributed by atoms with van der Waals surface area (Å²) in [6.07, 6.45) is 0. The van der Waals surface area contributed by atoms with Crippen LogP contribution in [0.1, 0.15) is 0 Å². The van der Waals surface area contributed by atoms with Crippen LogP contribution in [0.25, 0.3) is 10.1 Å². The Morgan fingerprint density at radius 3 is 2.83 bits per heavy atom. The van der Waals surface area contributed by atoms with Crippen LogP contribution in [0.3, 0.4) is 0 Å². The molecule has 0 spiro atoms. The molecule has 0 saturated heterocycles. The average Bonchev–Trinajstić information content (AvgIpc) is 2.32. The first-order valence-electron chi connectivity index (χ1n) is 3.32. The predicted octanol–water partition coefficient (Wildman–Crippen LogP) is 3.23. The number of anilines is 1. The van der Waals surface area contributed by atoms with E-state index in [9.17, 15) is 4.39 Å². The van der Waals surface area contributed by atoms with E-state index in [-0.39, 0.29) is 5.82 Å². The standard InChI is InChI=1S/C8H5FINS/c9-5-3-1-2-4-6(10)8(11)12-7(4)5/h1-3H,11H2. The van der Waals surface area contributed by atoms with Gasteiger partial charge in [0.05, 0.1) is 8.27 Å². The van der Waals surface area contributed by atoms with E-state index in [4.69, 9.17) is 5.73 Å². The molecule has 0 amide bonds. The van der Waals surface area contributed by atoms with Crippen molar-refractivity contribution in [2.24, 2.45) is 0 Å². The Labute approximate surface area is 86.5 Å². The van der Waals surface area contributed by atoms with Gasteiger partial charge < -0.3 is 5.73 Å². The number of nitrogens with two attached hydrogens (primary N) is 1. The molecular formula is C8H5FINS. The van der Waals surface area contributed by atoms with E-state index in [1.54, 1.807) is 6.07 Å². The highest BCUT2D eigenvalue weighted by Crippen LogP contribution is 2.35. The van der Waals surface area contributed by atoms with Crippen LogP contribution in [-0.4, -0.2) is 0 Å². The van der Waals surface area contributed by atoms with Gasteiger partial charge >= 0.3 is 0 Å². The summed E-state index contributed by atoms with van der Waals surface area (Å²) in [7, 11) is 0. The number of halogens is 2. The van der Waals surface area contributed by atoms with Gasteiger partial charge in [-0.1, -0.05) is 12.1 Å². The number of nitrogen functional groups attached to an aromatic ring is 1. The van der Waals surface area contributed by atoms with Gasteiger partial charge in [0.25, 0.3) is 0 Å². The van der Waals surface area contributed by atoms with Gasteiger partial charge in [-0.25, -0.2) is 4.39 Å². The molecule has 1 nitrogen and oxygen atoms in total. The van der Waals surface area contributed by atoms with Gasteiger partial charge in [-0.15, -0.1) is 11.3 Å². The normalized spacial score (nSPS) is 10.8. The van der Waals surface area contributed by atoms with E-state index in [2.05, 4.69) is 22.6 Å². The number of hydrogen-bond donors (Lipinski definition) is 1. The molecule has 0 aliphatic carbocycles. The van der Waals surface area contributed by atoms with Crippen LogP contribution in [-0.2, 0) is 0 Å². The van der Waals surface area contributed by atoms with Crippen molar-refractivity contribution in [3.05, 3.63) is 27.6 Å². The van der Waals surface area contributed by atoms with Crippen molar-refractivity contribution < 1.29 is 4.39 Å². The number of thiophene rings is 1. The molecule has 12 heavy (non-hydrogen) atoms. The molecule has 62 valence electrons. The third kappa shape index (κ3) is 1.09. The largest absolute Gasteiger partial charge is 0.390 e. The van der Waals surface area contributed by atoms with Gasteiger partial charge in [-0.05, 0) is 28.7 Å². The van der Waals surface area contributed by atoms with Crippen molar-refractivity contribution in [1.29, 1.82) is 0 Å². The maximum absolute atomic E-state index is 13.1. The maximum Gasteiger partial charge on any atom is 0.141 e. The number of hydrogen-bond acceptors (Lipinski definition) is 2. The summed E-state index contributed by atoms with van der Waals surface area (Å²) in [6.45, 7) is 0. The van der Waals surface area contributed by atoms with E-state index in [0.29, 0.717) is 9.70 Å². The third-order valence-corrected chi connectivity index (χ3v) is 4.20. The molecule has 2 N–H and O–H groups in total. The Morgan fingerprint density at radius 2 is 2.17 bits per heavy atom. The Kier molecular flexibility index (Phi) is 1.96. The fraction of sp³-hybridized carbons (Fsp3) is 0. The van der Waals surface area contributed by atoms with E-state index >= 15 is 0 Å². The molecule has 2 aromatic rings. The van der Waals surface area contributed by atoms with Gasteiger partial charge in [0.15, 0.2) is 0 Å². The fourth-order valence-electron chi connectivity index (χ4n) is 1.07. The fourth-order valence-corrected chi connectivity index (χ4v) is 2.90. The minimum atomic E-state index is -0.188. The maximum atomic E-state index is 13.1. The zero-order valence-corrected chi connectivity index (χ0v) is 8.95. The van der Waals surface area contributed by atoms with Crippen LogP contribution >= 0.6 is 33.9 Å². The molecule has 0 aliphatic rings. The van der Waals surface area contributed by atoms with E-state index < -0.39 is 0 Å². The van der Waals surface area contributed by atoms with Crippen LogP contribution in [0.2, 0.25) is 0 Å². The second kappa shape index (κ2) is 2.85. The average molecular weight is 293 g/mol. The second-order valence-corrected chi connectivity index (χ2v) is 4.53. The molecule has 0 bridgehead atoms. The topological polar surface area (TPSA) is 26.0 Å². The molecule has 0 fully saturated rings. The van der Waals surface area contributed by atoms with Gasteiger partial charge in [0.2, 0.25) is 0 Å². The minimum Gasteiger partial charge on any atom is -0.390 e. The summed E-state index contributed by atoms with van der Waals surface area (Å²) < 4.78 is 14.7. The quantitative estimate of drug-likeness (QED) is 0.741. The van der Waals surface area contributed by atoms with Crippen LogP contribution < -0.4 is 5.73 Å². The van der Waals surface area contributed by atoms with Crippen molar-refractivity contribution in [2.45, 2.75) is 0 Å². The first-order chi connectivity index (χ1) is 5.70. The van der Waals surface area contributed by atoms with Gasteiger partial charge in [0.1, 0.15) is 10.8 Å². The lowest BCUT2D eigenvalue weighted by Gasteiger charge is -1.89. The van der Waals surface area contributed by atoms with E-state index in [1.165, 1.54) is 17.4 Å². The number of benzene rings is 1. The molecule has 1 aromatic carbocycles. The predicted molar refractivity (Wildman–Crippen MR) is 58.9 cm³/mol. The molecular weight excluding hydrogens is 288 g/mol. The molecule has 0 unspecified atom stereocenters. The summed E-state index contributed by atoms with van der Waals surface area (Å²) in [5.74, 6) is -0.188. The Balaban J connectivity index is 2.95. The zero-order chi connectivity index (χ0) is 8.72. The lowest BCUT2D eigenvalue weighted by molar-refractivity contribution is 0.641. The molecule has 2 rings (SSSR count). The summed E-state index contributed by atoms with van der Waals surface area (Å²) in [4.78, 5) is 0. The molecule has 0 saturated carbocycles. The Bertz CT molecular complexity index is 438. The van der Waals surface area contributed by atoms with Gasteiger partial charge in [-0.3, -0.25) is 0 Å². The molecule has 1 heterocycles. The summed E-state index contributed by atoms with van der Waals surface area (Å²) in [5.41, 5.74) is 5.67. The molecule has 0 atom stereocenters. The van der Waals surface area contributed by atoms with Gasteiger partial charge in [0, 0.05) is 5.39 Å². The van der Waals surface area contributed by atoms with Crippen LogP contribution in [0, 0.1) is 9.39 Å². The first-order valence-corrected chi connectivity index (χ1v) is 5.21. The minimum absolute atomic E-state index is 0.188. The monoisotopic (exact) mass is 293 g/mol. The molecule has 0 radical (unpaired) electrons. The Hall–Kier alpha value is -0.360. The van der Waals surface area contributed by atoms with Gasteiger partial charge in [-0.2, -0.15) is 0 Å². The Morgan fingerprint density at radius 1 is 1.42 bits per heavy atom. The second-order valence-electron chi connectivity index (χ2n) is 2.40. The zero-order valence-electron chi connectivity index (χ0n) is 5.97. The van der Waals surface area contributed by atoms with Crippen LogP contribution in [0.4, 0.5) is 9.39 Å². The molecule has 1 aromatic heterocycles. The summed E-state index contributed by atoms with van der Waals surface area (Å²) >= 11 is 3.43. The van der Waals surface area contributed by atoms with Crippen molar-refractivity contribution in [1.82, 2.24) is 0 Å². The third-order valence-electron chi connectivity index (χ3n) is 1.63. The van der Waals surface area contributed by atoms with Crippen molar-refractivity contribution in [3.63, 3.8) is 0 Å². The highest BCUT2D eigenvalue weighted by Gasteiger charge is 2.09. The van der Waals surface area contributed by atoms with E-state index in [1.807, 2.05) is 6.07 Å². The molecule has 0 aliphatic heterocycles. The molecule has 4 heteroatoms. The highest BCUT2D eigenvalue weighted by atomic mass is 127. The van der Waals surface area contributed by atoms with Crippen LogP contribution in [0.5, 0.6) is 0 Å². The lowest BCUT2D eigenvalue weighted by Crippen LogP contribution is -1.79. The van der Waals surface area contributed by atoms with Crippen molar-refractivity contribution in [2.75, 3.05) is 5.73 Å². The van der Waals surface area contributed by atoms with E-state index in [0.717, 1.165) is 8.96 Å². The number of fused-ring (bicyclic) bond motifs is 1. The first kappa shape index (κ1) is 8.25. The summed E-state index contributed by atoms with van der Waals surface area (Å²) in [6, 6.07) is 5.04. The lowest BCUT2D eigenvalue weighted by atomic mass is 10.2. The van der Waals surface area contributed by atoms with Crippen molar-refractivity contribution in [3.8, 4) is 0 Å². The summed E-state index contributed by atoms with van der Waals surface area (Å²) in [5, 5.41) is 1.61. The van der Waals surface area contributed by atoms with Crippen molar-refractivity contribution >= 4 is 49.0 Å². The smallest absolute Gasteiger partial charge is 0.141 e. The SMILES string of the molecule is Nc1sc2c(F)cccc2c1I. The number of rotatable bonds is 0. The van der Waals surface area contributed by atoms with Crippen LogP contribution in [0.15, 0.2) is 18.2 Å². The highest BCUT2D eigenvalue weighted by molar-refractivity contribution is 14.1.